The van der Waals surface area contributed by atoms with Gasteiger partial charge in [0.15, 0.2) is 4.77 Å². The zero-order valence-corrected chi connectivity index (χ0v) is 19.8. The van der Waals surface area contributed by atoms with Crippen LogP contribution in [0.4, 0.5) is 11.6 Å². The van der Waals surface area contributed by atoms with Gasteiger partial charge in [0.05, 0.1) is 21.5 Å². The maximum absolute atomic E-state index is 13.3. The highest BCUT2D eigenvalue weighted by Crippen LogP contribution is 2.49. The molecule has 1 unspecified atom stereocenters. The lowest BCUT2D eigenvalue weighted by atomic mass is 9.81. The fourth-order valence-electron chi connectivity index (χ4n) is 3.66. The average molecular weight is 508 g/mol. The number of halogens is 3. The molecule has 4 N–H and O–H groups in total. The van der Waals surface area contributed by atoms with Crippen molar-refractivity contribution in [1.82, 2.24) is 9.97 Å². The average Bonchev–Trinajstić information content (AvgIpc) is 2.75. The van der Waals surface area contributed by atoms with E-state index in [0.29, 0.717) is 33.2 Å². The first kappa shape index (κ1) is 22.6. The molecule has 1 atom stereocenters. The summed E-state index contributed by atoms with van der Waals surface area (Å²) in [5, 5.41) is 3.92. The van der Waals surface area contributed by atoms with E-state index in [2.05, 4.69) is 15.3 Å². The van der Waals surface area contributed by atoms with Crippen molar-refractivity contribution in [3.63, 3.8) is 0 Å². The Hall–Kier alpha value is -2.58. The maximum Gasteiger partial charge on any atom is 0.337 e. The molecule has 4 rings (SSSR count). The standard InChI is InChI=1S/C22H17Cl3N4O2S/c1-10-14(21(30)31-9-11-5-3-2-4-6-11)16(15-12(23)7-8-13(24)18(15)25)17-19(26)28-22(32)29-20(17)27-10/h2-8,16H,9H2,1H3,(H4,26,27,28,29,32). The number of esters is 1. The summed E-state index contributed by atoms with van der Waals surface area (Å²) in [6.45, 7) is 1.83. The second kappa shape index (κ2) is 9.11. The molecule has 1 aromatic heterocycles. The Kier molecular flexibility index (Phi) is 6.44. The van der Waals surface area contributed by atoms with Crippen molar-refractivity contribution >= 4 is 64.6 Å². The molecule has 6 nitrogen and oxygen atoms in total. The molecule has 0 amide bonds. The lowest BCUT2D eigenvalue weighted by Crippen LogP contribution is -2.27. The summed E-state index contributed by atoms with van der Waals surface area (Å²) < 4.78 is 5.82. The number of carbonyl (C=O) groups is 1. The van der Waals surface area contributed by atoms with Gasteiger partial charge in [0.1, 0.15) is 18.2 Å². The lowest BCUT2D eigenvalue weighted by molar-refractivity contribution is -0.140. The molecular weight excluding hydrogens is 491 g/mol. The van der Waals surface area contributed by atoms with Crippen LogP contribution >= 0.6 is 47.0 Å². The van der Waals surface area contributed by atoms with Crippen molar-refractivity contribution in [3.8, 4) is 0 Å². The SMILES string of the molecule is CC1=C(C(=O)OCc2ccccc2)C(c2c(Cl)ccc(Cl)c2Cl)c2c(nc(=S)[nH]c2N)N1. The first-order valence-electron chi connectivity index (χ1n) is 9.49. The van der Waals surface area contributed by atoms with Crippen molar-refractivity contribution in [3.05, 3.63) is 90.3 Å². The quantitative estimate of drug-likeness (QED) is 0.219. The van der Waals surface area contributed by atoms with Crippen LogP contribution in [-0.2, 0) is 16.1 Å². The second-order valence-corrected chi connectivity index (χ2v) is 8.71. The molecule has 3 aromatic rings. The van der Waals surface area contributed by atoms with Crippen LogP contribution in [0, 0.1) is 4.77 Å². The molecule has 32 heavy (non-hydrogen) atoms. The van der Waals surface area contributed by atoms with E-state index < -0.39 is 11.9 Å². The molecular formula is C22H17Cl3N4O2S. The van der Waals surface area contributed by atoms with Gasteiger partial charge in [0.25, 0.3) is 0 Å². The predicted octanol–water partition coefficient (Wildman–Crippen LogP) is 6.26. The van der Waals surface area contributed by atoms with Gasteiger partial charge in [-0.25, -0.2) is 9.78 Å². The number of hydrogen-bond acceptors (Lipinski definition) is 6. The normalized spacial score (nSPS) is 15.2. The van der Waals surface area contributed by atoms with E-state index in [1.807, 2.05) is 30.3 Å². The molecule has 0 fully saturated rings. The van der Waals surface area contributed by atoms with E-state index in [4.69, 9.17) is 57.5 Å². The van der Waals surface area contributed by atoms with Gasteiger partial charge >= 0.3 is 5.97 Å². The number of rotatable bonds is 4. The van der Waals surface area contributed by atoms with Crippen molar-refractivity contribution in [1.29, 1.82) is 0 Å². The van der Waals surface area contributed by atoms with Crippen LogP contribution < -0.4 is 11.1 Å². The van der Waals surface area contributed by atoms with E-state index in [9.17, 15) is 4.79 Å². The number of allylic oxidation sites excluding steroid dienone is 1. The van der Waals surface area contributed by atoms with Gasteiger partial charge in [-0.2, -0.15) is 0 Å². The monoisotopic (exact) mass is 506 g/mol. The number of benzene rings is 2. The Balaban J connectivity index is 1.87. The van der Waals surface area contributed by atoms with Gasteiger partial charge in [0, 0.05) is 21.8 Å². The van der Waals surface area contributed by atoms with Crippen LogP contribution in [-0.4, -0.2) is 15.9 Å². The molecule has 0 saturated carbocycles. The molecule has 0 radical (unpaired) electrons. The Labute approximate surface area is 204 Å². The number of nitrogens with two attached hydrogens (primary N) is 1. The number of aromatic nitrogens is 2. The highest BCUT2D eigenvalue weighted by Gasteiger charge is 2.38. The Morgan fingerprint density at radius 3 is 2.53 bits per heavy atom. The second-order valence-electron chi connectivity index (χ2n) is 7.13. The number of aromatic amines is 1. The van der Waals surface area contributed by atoms with E-state index in [-0.39, 0.29) is 27.2 Å². The Morgan fingerprint density at radius 1 is 1.12 bits per heavy atom. The van der Waals surface area contributed by atoms with Crippen LogP contribution in [0.15, 0.2) is 53.7 Å². The topological polar surface area (TPSA) is 93.0 Å². The van der Waals surface area contributed by atoms with E-state index >= 15 is 0 Å². The predicted molar refractivity (Wildman–Crippen MR) is 130 cm³/mol. The van der Waals surface area contributed by atoms with Gasteiger partial charge in [-0.05, 0) is 36.8 Å². The fraction of sp³-hybridized carbons (Fsp3) is 0.136. The number of fused-ring (bicyclic) bond motifs is 1. The van der Waals surface area contributed by atoms with E-state index in [0.717, 1.165) is 5.56 Å². The van der Waals surface area contributed by atoms with Crippen LogP contribution in [0.2, 0.25) is 15.1 Å². The molecule has 10 heteroatoms. The number of H-pyrrole nitrogens is 1. The van der Waals surface area contributed by atoms with Gasteiger partial charge in [-0.1, -0.05) is 65.1 Å². The fourth-order valence-corrected chi connectivity index (χ4v) is 4.62. The molecule has 2 aromatic carbocycles. The largest absolute Gasteiger partial charge is 0.457 e. The Bertz CT molecular complexity index is 1310. The van der Waals surface area contributed by atoms with Crippen molar-refractivity contribution in [2.24, 2.45) is 0 Å². The zero-order valence-electron chi connectivity index (χ0n) is 16.7. The van der Waals surface area contributed by atoms with Crippen LogP contribution in [0.1, 0.15) is 29.5 Å². The number of carbonyl (C=O) groups excluding carboxylic acids is 1. The summed E-state index contributed by atoms with van der Waals surface area (Å²) in [5.74, 6) is -0.707. The Morgan fingerprint density at radius 2 is 1.81 bits per heavy atom. The number of nitrogens with zero attached hydrogens (tertiary/aromatic N) is 1. The van der Waals surface area contributed by atoms with Crippen molar-refractivity contribution in [2.75, 3.05) is 11.1 Å². The molecule has 0 saturated heterocycles. The minimum absolute atomic E-state index is 0.0952. The lowest BCUT2D eigenvalue weighted by Gasteiger charge is -2.31. The highest BCUT2D eigenvalue weighted by molar-refractivity contribution is 7.71. The summed E-state index contributed by atoms with van der Waals surface area (Å²) in [7, 11) is 0. The minimum Gasteiger partial charge on any atom is -0.457 e. The third kappa shape index (κ3) is 4.21. The summed E-state index contributed by atoms with van der Waals surface area (Å²) in [5.41, 5.74) is 8.84. The van der Waals surface area contributed by atoms with E-state index in [1.165, 1.54) is 0 Å². The van der Waals surface area contributed by atoms with Crippen LogP contribution in [0.25, 0.3) is 0 Å². The van der Waals surface area contributed by atoms with E-state index in [1.54, 1.807) is 19.1 Å². The molecule has 2 heterocycles. The van der Waals surface area contributed by atoms with Crippen molar-refractivity contribution in [2.45, 2.75) is 19.4 Å². The minimum atomic E-state index is -0.785. The number of nitrogen functional groups attached to an aromatic ring is 1. The number of nitrogens with one attached hydrogen (secondary N) is 2. The van der Waals surface area contributed by atoms with Gasteiger partial charge < -0.3 is 20.8 Å². The highest BCUT2D eigenvalue weighted by atomic mass is 35.5. The third-order valence-electron chi connectivity index (χ3n) is 5.09. The molecule has 0 spiro atoms. The first-order chi connectivity index (χ1) is 15.3. The maximum atomic E-state index is 13.3. The summed E-state index contributed by atoms with van der Waals surface area (Å²) in [6.07, 6.45) is 0. The smallest absolute Gasteiger partial charge is 0.337 e. The molecule has 1 aliphatic rings. The molecule has 0 aliphatic carbocycles. The molecule has 1 aliphatic heterocycles. The summed E-state index contributed by atoms with van der Waals surface area (Å²) in [4.78, 5) is 20.5. The van der Waals surface area contributed by atoms with Gasteiger partial charge in [-0.15, -0.1) is 0 Å². The number of anilines is 2. The first-order valence-corrected chi connectivity index (χ1v) is 11.0. The van der Waals surface area contributed by atoms with Gasteiger partial charge in [0.2, 0.25) is 0 Å². The van der Waals surface area contributed by atoms with Gasteiger partial charge in [-0.3, -0.25) is 0 Å². The third-order valence-corrected chi connectivity index (χ3v) is 6.43. The molecule has 164 valence electrons. The van der Waals surface area contributed by atoms with Crippen LogP contribution in [0.3, 0.4) is 0 Å². The van der Waals surface area contributed by atoms with Crippen LogP contribution in [0.5, 0.6) is 0 Å². The summed E-state index contributed by atoms with van der Waals surface area (Å²) in [6, 6.07) is 12.6. The van der Waals surface area contributed by atoms with Crippen molar-refractivity contribution < 1.29 is 9.53 Å². The number of ether oxygens (including phenoxy) is 1. The molecule has 0 bridgehead atoms. The number of hydrogen-bond donors (Lipinski definition) is 3. The summed E-state index contributed by atoms with van der Waals surface area (Å²) >= 11 is 24.6. The zero-order chi connectivity index (χ0) is 23.0.